The van der Waals surface area contributed by atoms with Crippen molar-refractivity contribution in [1.29, 1.82) is 0 Å². The average molecular weight is 328 g/mol. The number of hydrogen-bond acceptors (Lipinski definition) is 6. The van der Waals surface area contributed by atoms with Gasteiger partial charge in [0.1, 0.15) is 5.75 Å². The minimum atomic E-state index is -1.33. The van der Waals surface area contributed by atoms with Gasteiger partial charge >= 0.3 is 0 Å². The van der Waals surface area contributed by atoms with E-state index in [0.717, 1.165) is 18.4 Å². The summed E-state index contributed by atoms with van der Waals surface area (Å²) in [5, 5.41) is 11.6. The van der Waals surface area contributed by atoms with Gasteiger partial charge in [0, 0.05) is 11.3 Å². The molecule has 0 aromatic heterocycles. The van der Waals surface area contributed by atoms with Crippen LogP contribution in [0.4, 0.5) is 5.69 Å². The first-order chi connectivity index (χ1) is 11.6. The highest BCUT2D eigenvalue weighted by molar-refractivity contribution is 5.73. The molecule has 1 atom stereocenters. The molecule has 2 aromatic rings. The van der Waals surface area contributed by atoms with E-state index < -0.39 is 12.1 Å². The summed E-state index contributed by atoms with van der Waals surface area (Å²) in [6.07, 6.45) is 0.375. The third kappa shape index (κ3) is 3.22. The molecule has 2 aromatic carbocycles. The number of anilines is 1. The van der Waals surface area contributed by atoms with Gasteiger partial charge in [-0.05, 0) is 42.3 Å². The molecule has 3 rings (SSSR count). The molecule has 0 bridgehead atoms. The molecule has 1 aliphatic rings. The number of carbonyl (C=O) groups is 1. The van der Waals surface area contributed by atoms with Crippen molar-refractivity contribution in [3.8, 4) is 17.2 Å². The van der Waals surface area contributed by atoms with E-state index in [2.05, 4.69) is 0 Å². The van der Waals surface area contributed by atoms with Gasteiger partial charge in [-0.1, -0.05) is 19.4 Å². The van der Waals surface area contributed by atoms with E-state index in [0.29, 0.717) is 28.5 Å². The third-order valence-corrected chi connectivity index (χ3v) is 3.76. The van der Waals surface area contributed by atoms with Crippen LogP contribution in [0.2, 0.25) is 0 Å². The normalized spacial score (nSPS) is 13.5. The minimum absolute atomic E-state index is 0.119. The maximum atomic E-state index is 11.6. The molecule has 1 aliphatic heterocycles. The summed E-state index contributed by atoms with van der Waals surface area (Å²) in [7, 11) is 0. The molecular formula is C18H18NO5-. The smallest absolute Gasteiger partial charge is 0.231 e. The summed E-state index contributed by atoms with van der Waals surface area (Å²) in [6.45, 7) is 2.15. The minimum Gasteiger partial charge on any atom is -0.546 e. The summed E-state index contributed by atoms with van der Waals surface area (Å²) in [5.74, 6) is 0.231. The molecule has 1 heterocycles. The fraction of sp³-hybridized carbons (Fsp3) is 0.278. The Morgan fingerprint density at radius 3 is 2.79 bits per heavy atom. The molecule has 0 saturated heterocycles. The van der Waals surface area contributed by atoms with Crippen LogP contribution in [0.5, 0.6) is 17.2 Å². The fourth-order valence-corrected chi connectivity index (χ4v) is 2.63. The monoisotopic (exact) mass is 328 g/mol. The quantitative estimate of drug-likeness (QED) is 0.813. The second-order valence-corrected chi connectivity index (χ2v) is 5.55. The molecule has 0 amide bonds. The molecule has 6 nitrogen and oxygen atoms in total. The zero-order valence-electron chi connectivity index (χ0n) is 13.3. The lowest BCUT2D eigenvalue weighted by molar-refractivity contribution is -0.314. The average Bonchev–Trinajstić information content (AvgIpc) is 3.01. The third-order valence-electron chi connectivity index (χ3n) is 3.76. The predicted molar refractivity (Wildman–Crippen MR) is 85.8 cm³/mol. The molecule has 1 unspecified atom stereocenters. The summed E-state index contributed by atoms with van der Waals surface area (Å²) < 4.78 is 16.3. The molecule has 0 radical (unpaired) electrons. The Balaban J connectivity index is 1.91. The van der Waals surface area contributed by atoms with Gasteiger partial charge in [-0.15, -0.1) is 0 Å². The number of carboxylic acid groups (broad SMARTS) is 1. The van der Waals surface area contributed by atoms with Gasteiger partial charge in [0.05, 0.1) is 5.97 Å². The maximum Gasteiger partial charge on any atom is 0.231 e. The Kier molecular flexibility index (Phi) is 4.46. The first kappa shape index (κ1) is 16.0. The SMILES string of the molecule is CCCc1cc(N)ccc1OC(C(=O)[O-])c1ccc2c(c1)OCO2. The number of nitrogens with two attached hydrogens (primary N) is 1. The Hall–Kier alpha value is -2.89. The van der Waals surface area contributed by atoms with Crippen LogP contribution >= 0.6 is 0 Å². The number of carbonyl (C=O) groups excluding carboxylic acids is 1. The zero-order chi connectivity index (χ0) is 17.1. The van der Waals surface area contributed by atoms with Gasteiger partial charge in [-0.25, -0.2) is 0 Å². The lowest BCUT2D eigenvalue weighted by Crippen LogP contribution is -2.33. The Morgan fingerprint density at radius 1 is 1.25 bits per heavy atom. The summed E-state index contributed by atoms with van der Waals surface area (Å²) in [6, 6.07) is 10.0. The highest BCUT2D eigenvalue weighted by Crippen LogP contribution is 2.36. The molecule has 2 N–H and O–H groups in total. The number of ether oxygens (including phenoxy) is 3. The number of hydrogen-bond donors (Lipinski definition) is 1. The van der Waals surface area contributed by atoms with Gasteiger partial charge in [0.25, 0.3) is 0 Å². The summed E-state index contributed by atoms with van der Waals surface area (Å²) in [5.41, 5.74) is 7.71. The van der Waals surface area contributed by atoms with Crippen LogP contribution in [0.25, 0.3) is 0 Å². The Bertz CT molecular complexity index is 759. The Labute approximate surface area is 139 Å². The molecule has 0 aliphatic carbocycles. The topological polar surface area (TPSA) is 93.8 Å². The van der Waals surface area contributed by atoms with Gasteiger partial charge in [0.15, 0.2) is 17.6 Å². The van der Waals surface area contributed by atoms with E-state index >= 15 is 0 Å². The highest BCUT2D eigenvalue weighted by Gasteiger charge is 2.21. The number of fused-ring (bicyclic) bond motifs is 1. The van der Waals surface area contributed by atoms with E-state index in [4.69, 9.17) is 19.9 Å². The van der Waals surface area contributed by atoms with Crippen LogP contribution in [-0.2, 0) is 11.2 Å². The number of aryl methyl sites for hydroxylation is 1. The standard InChI is InChI=1S/C18H19NO5/c1-2-3-11-8-13(19)5-7-14(11)24-17(18(20)21)12-4-6-15-16(9-12)23-10-22-15/h4-9,17H,2-3,10,19H2,1H3,(H,20,21)/p-1. The molecule has 24 heavy (non-hydrogen) atoms. The number of nitrogen functional groups attached to an aromatic ring is 1. The molecule has 126 valence electrons. The van der Waals surface area contributed by atoms with Crippen molar-refractivity contribution in [2.45, 2.75) is 25.9 Å². The van der Waals surface area contributed by atoms with E-state index in [9.17, 15) is 9.90 Å². The number of benzene rings is 2. The van der Waals surface area contributed by atoms with E-state index in [1.54, 1.807) is 36.4 Å². The number of carboxylic acids is 1. The van der Waals surface area contributed by atoms with Gasteiger partial charge < -0.3 is 29.8 Å². The van der Waals surface area contributed by atoms with Gasteiger partial charge in [-0.2, -0.15) is 0 Å². The fourth-order valence-electron chi connectivity index (χ4n) is 2.63. The van der Waals surface area contributed by atoms with Crippen LogP contribution in [0.3, 0.4) is 0 Å². The first-order valence-corrected chi connectivity index (χ1v) is 7.74. The molecule has 0 saturated carbocycles. The maximum absolute atomic E-state index is 11.6. The van der Waals surface area contributed by atoms with Crippen molar-refractivity contribution in [3.05, 3.63) is 47.5 Å². The molecule has 0 fully saturated rings. The van der Waals surface area contributed by atoms with Crippen LogP contribution in [0.1, 0.15) is 30.6 Å². The van der Waals surface area contributed by atoms with Crippen molar-refractivity contribution in [3.63, 3.8) is 0 Å². The van der Waals surface area contributed by atoms with E-state index in [-0.39, 0.29) is 6.79 Å². The van der Waals surface area contributed by atoms with Crippen LogP contribution in [-0.4, -0.2) is 12.8 Å². The molecule has 0 spiro atoms. The Morgan fingerprint density at radius 2 is 2.04 bits per heavy atom. The highest BCUT2D eigenvalue weighted by atomic mass is 16.7. The molecule has 6 heteroatoms. The second-order valence-electron chi connectivity index (χ2n) is 5.55. The van der Waals surface area contributed by atoms with Crippen molar-refractivity contribution < 1.29 is 24.1 Å². The first-order valence-electron chi connectivity index (χ1n) is 7.74. The summed E-state index contributed by atoms with van der Waals surface area (Å²) in [4.78, 5) is 11.6. The predicted octanol–water partition coefficient (Wildman–Crippen LogP) is 1.82. The zero-order valence-corrected chi connectivity index (χ0v) is 13.3. The lowest BCUT2D eigenvalue weighted by atomic mass is 10.1. The van der Waals surface area contributed by atoms with E-state index in [1.807, 2.05) is 6.92 Å². The molecular weight excluding hydrogens is 310 g/mol. The van der Waals surface area contributed by atoms with Crippen LogP contribution in [0, 0.1) is 0 Å². The van der Waals surface area contributed by atoms with Crippen molar-refractivity contribution >= 4 is 11.7 Å². The van der Waals surface area contributed by atoms with Crippen molar-refractivity contribution in [2.75, 3.05) is 12.5 Å². The second kappa shape index (κ2) is 6.70. The number of aliphatic carboxylic acids is 1. The van der Waals surface area contributed by atoms with Crippen molar-refractivity contribution in [2.24, 2.45) is 0 Å². The number of rotatable bonds is 6. The van der Waals surface area contributed by atoms with Crippen molar-refractivity contribution in [1.82, 2.24) is 0 Å². The largest absolute Gasteiger partial charge is 0.546 e. The van der Waals surface area contributed by atoms with Gasteiger partial charge in [-0.3, -0.25) is 0 Å². The van der Waals surface area contributed by atoms with Crippen LogP contribution < -0.4 is 25.1 Å². The van der Waals surface area contributed by atoms with Crippen LogP contribution in [0.15, 0.2) is 36.4 Å². The summed E-state index contributed by atoms with van der Waals surface area (Å²) >= 11 is 0. The van der Waals surface area contributed by atoms with E-state index in [1.165, 1.54) is 0 Å². The van der Waals surface area contributed by atoms with Gasteiger partial charge in [0.2, 0.25) is 6.79 Å². The lowest BCUT2D eigenvalue weighted by Gasteiger charge is -2.22.